The number of aromatic nitrogens is 4. The van der Waals surface area contributed by atoms with E-state index >= 15 is 0 Å². The minimum absolute atomic E-state index is 0.245. The van der Waals surface area contributed by atoms with Gasteiger partial charge in [0, 0.05) is 0 Å². The molecule has 0 aromatic carbocycles. The molecule has 0 aliphatic carbocycles. The van der Waals surface area contributed by atoms with Crippen LogP contribution in [-0.2, 0) is 6.42 Å². The normalized spacial score (nSPS) is 10.3. The molecule has 0 atom stereocenters. The Bertz CT molecular complexity index is 541. The van der Waals surface area contributed by atoms with E-state index in [1.54, 1.807) is 0 Å². The fraction of sp³-hybridized carbons (Fsp3) is 0.300. The Morgan fingerprint density at radius 3 is 2.94 bits per heavy atom. The van der Waals surface area contributed by atoms with Crippen LogP contribution in [0.15, 0.2) is 17.0 Å². The first-order valence-corrected chi connectivity index (χ1v) is 6.87. The molecule has 0 aliphatic heterocycles. The third kappa shape index (κ3) is 3.08. The highest BCUT2D eigenvalue weighted by molar-refractivity contribution is 9.10. The van der Waals surface area contributed by atoms with Crippen LogP contribution in [0.1, 0.15) is 28.7 Å². The highest BCUT2D eigenvalue weighted by Crippen LogP contribution is 2.15. The molecule has 2 heterocycles. The highest BCUT2D eigenvalue weighted by atomic mass is 79.9. The number of nitrogens with zero attached hydrogens (tertiary/aromatic N) is 4. The lowest BCUT2D eigenvalue weighted by Gasteiger charge is -2.02. The van der Waals surface area contributed by atoms with Gasteiger partial charge in [0.2, 0.25) is 0 Å². The largest absolute Gasteiger partial charge is 0.304 e. The maximum absolute atomic E-state index is 12.0. The summed E-state index contributed by atoms with van der Waals surface area (Å²) < 4.78 is 4.42. The fourth-order valence-corrected chi connectivity index (χ4v) is 2.14. The predicted molar refractivity (Wildman–Crippen MR) is 71.6 cm³/mol. The number of hydrogen-bond donors (Lipinski definition) is 1. The van der Waals surface area contributed by atoms with Gasteiger partial charge in [0.1, 0.15) is 9.48 Å². The van der Waals surface area contributed by atoms with Crippen LogP contribution in [0.3, 0.4) is 0 Å². The third-order valence-corrected chi connectivity index (χ3v) is 3.29. The average Bonchev–Trinajstić information content (AvgIpc) is 2.81. The van der Waals surface area contributed by atoms with Crippen LogP contribution >= 0.6 is 27.5 Å². The minimum atomic E-state index is -0.245. The number of carbonyl (C=O) groups excluding carboxylic acids is 1. The van der Waals surface area contributed by atoms with E-state index in [2.05, 4.69) is 40.8 Å². The SMILES string of the molecule is CCCc1nnsc1C(=O)Nc1cnc(Br)cn1. The monoisotopic (exact) mass is 327 g/mol. The molecular weight excluding hydrogens is 318 g/mol. The molecule has 2 rings (SSSR count). The van der Waals surface area contributed by atoms with E-state index in [1.165, 1.54) is 12.4 Å². The molecule has 0 spiro atoms. The first-order chi connectivity index (χ1) is 8.70. The molecule has 0 unspecified atom stereocenters. The lowest BCUT2D eigenvalue weighted by atomic mass is 10.2. The number of aryl methyl sites for hydroxylation is 1. The van der Waals surface area contributed by atoms with E-state index in [0.717, 1.165) is 30.1 Å². The topological polar surface area (TPSA) is 80.7 Å². The van der Waals surface area contributed by atoms with Crippen LogP contribution in [-0.4, -0.2) is 25.5 Å². The Labute approximate surface area is 116 Å². The minimum Gasteiger partial charge on any atom is -0.304 e. The maximum atomic E-state index is 12.0. The van der Waals surface area contributed by atoms with Crippen LogP contribution in [0.25, 0.3) is 0 Å². The lowest BCUT2D eigenvalue weighted by Crippen LogP contribution is -2.13. The summed E-state index contributed by atoms with van der Waals surface area (Å²) >= 11 is 4.27. The van der Waals surface area contributed by atoms with Gasteiger partial charge in [-0.25, -0.2) is 9.97 Å². The Kier molecular flexibility index (Phi) is 4.32. The average molecular weight is 328 g/mol. The van der Waals surface area contributed by atoms with Gasteiger partial charge >= 0.3 is 0 Å². The summed E-state index contributed by atoms with van der Waals surface area (Å²) in [5.74, 6) is 0.157. The van der Waals surface area contributed by atoms with Crippen LogP contribution < -0.4 is 5.32 Å². The van der Waals surface area contributed by atoms with Gasteiger partial charge in [-0.05, 0) is 33.9 Å². The number of nitrogens with one attached hydrogen (secondary N) is 1. The van der Waals surface area contributed by atoms with Crippen molar-refractivity contribution in [3.05, 3.63) is 27.6 Å². The molecular formula is C10H10BrN5OS. The Hall–Kier alpha value is -1.41. The van der Waals surface area contributed by atoms with E-state index in [9.17, 15) is 4.79 Å². The second-order valence-electron chi connectivity index (χ2n) is 3.48. The number of anilines is 1. The number of rotatable bonds is 4. The van der Waals surface area contributed by atoms with E-state index in [-0.39, 0.29) is 5.91 Å². The molecule has 0 radical (unpaired) electrons. The summed E-state index contributed by atoms with van der Waals surface area (Å²) in [4.78, 5) is 20.5. The van der Waals surface area contributed by atoms with Crippen LogP contribution in [0.4, 0.5) is 5.82 Å². The van der Waals surface area contributed by atoms with Gasteiger partial charge in [-0.3, -0.25) is 4.79 Å². The number of hydrogen-bond acceptors (Lipinski definition) is 6. The van der Waals surface area contributed by atoms with Crippen molar-refractivity contribution in [2.75, 3.05) is 5.32 Å². The van der Waals surface area contributed by atoms with Crippen molar-refractivity contribution in [1.82, 2.24) is 19.6 Å². The zero-order valence-electron chi connectivity index (χ0n) is 9.55. The standard InChI is InChI=1S/C10H10BrN5OS/c1-2-3-6-9(18-16-15-6)10(17)14-8-5-12-7(11)4-13-8/h4-5H,2-3H2,1H3,(H,13,14,17). The van der Waals surface area contributed by atoms with Gasteiger partial charge in [-0.2, -0.15) is 0 Å². The number of halogens is 1. The molecule has 2 aromatic heterocycles. The summed E-state index contributed by atoms with van der Waals surface area (Å²) in [7, 11) is 0. The third-order valence-electron chi connectivity index (χ3n) is 2.11. The summed E-state index contributed by atoms with van der Waals surface area (Å²) in [6.07, 6.45) is 4.67. The molecule has 0 saturated heterocycles. The van der Waals surface area contributed by atoms with Crippen LogP contribution in [0.5, 0.6) is 0 Å². The molecule has 0 aliphatic rings. The number of amides is 1. The van der Waals surface area contributed by atoms with E-state index in [1.807, 2.05) is 6.92 Å². The van der Waals surface area contributed by atoms with Gasteiger partial charge < -0.3 is 5.32 Å². The van der Waals surface area contributed by atoms with Crippen molar-refractivity contribution in [3.8, 4) is 0 Å². The Morgan fingerprint density at radius 2 is 2.28 bits per heavy atom. The lowest BCUT2D eigenvalue weighted by molar-refractivity contribution is 0.102. The summed E-state index contributed by atoms with van der Waals surface area (Å²) in [5, 5.41) is 6.61. The second-order valence-corrected chi connectivity index (χ2v) is 5.04. The summed E-state index contributed by atoms with van der Waals surface area (Å²) in [6, 6.07) is 0. The van der Waals surface area contributed by atoms with Crippen molar-refractivity contribution in [2.45, 2.75) is 19.8 Å². The van der Waals surface area contributed by atoms with Crippen molar-refractivity contribution < 1.29 is 4.79 Å². The quantitative estimate of drug-likeness (QED) is 0.931. The molecule has 6 nitrogen and oxygen atoms in total. The molecule has 0 saturated carbocycles. The predicted octanol–water partition coefficient (Wildman–Crippen LogP) is 2.30. The Morgan fingerprint density at radius 1 is 1.44 bits per heavy atom. The van der Waals surface area contributed by atoms with Crippen molar-refractivity contribution >= 4 is 39.2 Å². The number of carbonyl (C=O) groups is 1. The van der Waals surface area contributed by atoms with Gasteiger partial charge in [-0.15, -0.1) is 5.10 Å². The zero-order chi connectivity index (χ0) is 13.0. The molecule has 94 valence electrons. The van der Waals surface area contributed by atoms with E-state index < -0.39 is 0 Å². The molecule has 2 aromatic rings. The molecule has 18 heavy (non-hydrogen) atoms. The molecule has 0 fully saturated rings. The summed E-state index contributed by atoms with van der Waals surface area (Å²) in [5.41, 5.74) is 0.727. The van der Waals surface area contributed by atoms with Crippen LogP contribution in [0.2, 0.25) is 0 Å². The van der Waals surface area contributed by atoms with Gasteiger partial charge in [0.15, 0.2) is 5.82 Å². The fourth-order valence-electron chi connectivity index (χ4n) is 1.33. The van der Waals surface area contributed by atoms with Gasteiger partial charge in [0.25, 0.3) is 5.91 Å². The van der Waals surface area contributed by atoms with Gasteiger partial charge in [0.05, 0.1) is 18.1 Å². The first-order valence-electron chi connectivity index (χ1n) is 5.31. The van der Waals surface area contributed by atoms with Crippen molar-refractivity contribution in [2.24, 2.45) is 0 Å². The molecule has 1 N–H and O–H groups in total. The van der Waals surface area contributed by atoms with E-state index in [4.69, 9.17) is 0 Å². The van der Waals surface area contributed by atoms with Crippen molar-refractivity contribution in [1.29, 1.82) is 0 Å². The smallest absolute Gasteiger partial charge is 0.270 e. The van der Waals surface area contributed by atoms with Gasteiger partial charge in [-0.1, -0.05) is 17.8 Å². The van der Waals surface area contributed by atoms with E-state index in [0.29, 0.717) is 15.3 Å². The highest BCUT2D eigenvalue weighted by Gasteiger charge is 2.16. The second kappa shape index (κ2) is 5.96. The van der Waals surface area contributed by atoms with Crippen molar-refractivity contribution in [3.63, 3.8) is 0 Å². The summed E-state index contributed by atoms with van der Waals surface area (Å²) in [6.45, 7) is 2.03. The molecule has 1 amide bonds. The van der Waals surface area contributed by atoms with Crippen LogP contribution in [0, 0.1) is 0 Å². The zero-order valence-corrected chi connectivity index (χ0v) is 12.0. The first kappa shape index (κ1) is 13.0. The maximum Gasteiger partial charge on any atom is 0.270 e. The molecule has 8 heteroatoms. The molecule has 0 bridgehead atoms. The Balaban J connectivity index is 2.11.